The van der Waals surface area contributed by atoms with Crippen LogP contribution >= 0.6 is 0 Å². The highest BCUT2D eigenvalue weighted by Crippen LogP contribution is 2.34. The number of hydrogen-bond acceptors (Lipinski definition) is 4. The number of fused-ring (bicyclic) bond motifs is 2. The highest BCUT2D eigenvalue weighted by Gasteiger charge is 2.31. The van der Waals surface area contributed by atoms with Gasteiger partial charge in [0.05, 0.1) is 11.3 Å². The summed E-state index contributed by atoms with van der Waals surface area (Å²) in [5, 5.41) is 3.88. The molecule has 2 aliphatic heterocycles. The normalized spacial score (nSPS) is 18.8. The van der Waals surface area contributed by atoms with Gasteiger partial charge in [-0.1, -0.05) is 24.3 Å². The third-order valence-electron chi connectivity index (χ3n) is 5.68. The molecule has 6 nitrogen and oxygen atoms in total. The molecule has 1 N–H and O–H groups in total. The predicted octanol–water partition coefficient (Wildman–Crippen LogP) is 4.00. The third-order valence-corrected chi connectivity index (χ3v) is 5.68. The van der Waals surface area contributed by atoms with Crippen LogP contribution in [0.1, 0.15) is 35.4 Å². The van der Waals surface area contributed by atoms with Crippen molar-refractivity contribution in [2.45, 2.75) is 31.7 Å². The van der Waals surface area contributed by atoms with Gasteiger partial charge in [-0.05, 0) is 43.5 Å². The van der Waals surface area contributed by atoms with Gasteiger partial charge in [0, 0.05) is 24.4 Å². The summed E-state index contributed by atoms with van der Waals surface area (Å²) in [6, 6.07) is 15.4. The van der Waals surface area contributed by atoms with Crippen molar-refractivity contribution in [2.24, 2.45) is 0 Å². The number of anilines is 1. The van der Waals surface area contributed by atoms with Crippen LogP contribution in [-0.2, 0) is 11.2 Å². The second-order valence-electron chi connectivity index (χ2n) is 7.62. The van der Waals surface area contributed by atoms with E-state index in [4.69, 9.17) is 9.15 Å². The number of hydrogen-bond donors (Lipinski definition) is 1. The molecule has 1 aromatic heterocycles. The van der Waals surface area contributed by atoms with E-state index in [2.05, 4.69) is 11.4 Å². The number of rotatable bonds is 3. The average molecular weight is 390 g/mol. The largest absolute Gasteiger partial charge is 0.482 e. The molecular formula is C23H22N2O4. The van der Waals surface area contributed by atoms with E-state index in [-0.39, 0.29) is 24.5 Å². The molecular weight excluding hydrogens is 368 g/mol. The van der Waals surface area contributed by atoms with Crippen LogP contribution in [0.3, 0.4) is 0 Å². The van der Waals surface area contributed by atoms with Crippen LogP contribution in [-0.4, -0.2) is 35.9 Å². The summed E-state index contributed by atoms with van der Waals surface area (Å²) in [6.07, 6.45) is 3.67. The highest BCUT2D eigenvalue weighted by atomic mass is 16.5. The van der Waals surface area contributed by atoms with Crippen LogP contribution in [0.5, 0.6) is 5.75 Å². The summed E-state index contributed by atoms with van der Waals surface area (Å²) in [6.45, 7) is 0.672. The van der Waals surface area contributed by atoms with Crippen molar-refractivity contribution in [2.75, 3.05) is 18.5 Å². The molecule has 0 aliphatic carbocycles. The first-order valence-electron chi connectivity index (χ1n) is 10.0. The first kappa shape index (κ1) is 17.8. The quantitative estimate of drug-likeness (QED) is 0.734. The van der Waals surface area contributed by atoms with Crippen LogP contribution in [0, 0.1) is 0 Å². The topological polar surface area (TPSA) is 71.8 Å². The maximum Gasteiger partial charge on any atom is 0.262 e. The Morgan fingerprint density at radius 1 is 1.14 bits per heavy atom. The molecule has 5 rings (SSSR count). The lowest BCUT2D eigenvalue weighted by atomic mass is 9.96. The number of carbonyl (C=O) groups excluding carboxylic acids is 2. The first-order chi connectivity index (χ1) is 14.2. The van der Waals surface area contributed by atoms with Gasteiger partial charge in [-0.15, -0.1) is 0 Å². The number of amides is 2. The third kappa shape index (κ3) is 3.35. The first-order valence-corrected chi connectivity index (χ1v) is 10.0. The molecule has 2 amide bonds. The van der Waals surface area contributed by atoms with E-state index >= 15 is 0 Å². The molecule has 1 unspecified atom stereocenters. The van der Waals surface area contributed by atoms with Gasteiger partial charge in [0.2, 0.25) is 0 Å². The zero-order valence-electron chi connectivity index (χ0n) is 16.0. The number of likely N-dealkylation sites (tertiary alicyclic amines) is 1. The van der Waals surface area contributed by atoms with E-state index in [1.807, 2.05) is 29.2 Å². The van der Waals surface area contributed by atoms with E-state index < -0.39 is 0 Å². The minimum atomic E-state index is -0.241. The monoisotopic (exact) mass is 390 g/mol. The van der Waals surface area contributed by atoms with Crippen LogP contribution in [0.15, 0.2) is 52.9 Å². The van der Waals surface area contributed by atoms with Crippen LogP contribution in [0.2, 0.25) is 0 Å². The Labute approximate surface area is 168 Å². The predicted molar refractivity (Wildman–Crippen MR) is 109 cm³/mol. The summed E-state index contributed by atoms with van der Waals surface area (Å²) in [5.74, 6) is 1.12. The van der Waals surface area contributed by atoms with Gasteiger partial charge in [0.25, 0.3) is 11.8 Å². The Kier molecular flexibility index (Phi) is 4.46. The van der Waals surface area contributed by atoms with Crippen molar-refractivity contribution in [3.63, 3.8) is 0 Å². The summed E-state index contributed by atoms with van der Waals surface area (Å²) in [7, 11) is 0. The number of piperidine rings is 1. The molecule has 1 fully saturated rings. The van der Waals surface area contributed by atoms with Gasteiger partial charge < -0.3 is 19.4 Å². The average Bonchev–Trinajstić information content (AvgIpc) is 3.15. The molecule has 3 heterocycles. The van der Waals surface area contributed by atoms with Crippen LogP contribution < -0.4 is 10.1 Å². The fourth-order valence-corrected chi connectivity index (χ4v) is 4.28. The number of benzene rings is 2. The Balaban J connectivity index is 1.43. The lowest BCUT2D eigenvalue weighted by molar-refractivity contribution is -0.118. The SMILES string of the molecule is O=C1COc2cccc(C(=O)N3CCCCC3Cc3cc4ccccc4o3)c2N1. The van der Waals surface area contributed by atoms with Crippen LogP contribution in [0.25, 0.3) is 11.0 Å². The van der Waals surface area contributed by atoms with E-state index in [0.717, 1.165) is 36.0 Å². The molecule has 0 bridgehead atoms. The Hall–Kier alpha value is -3.28. The van der Waals surface area contributed by atoms with Gasteiger partial charge >= 0.3 is 0 Å². The fourth-order valence-electron chi connectivity index (χ4n) is 4.28. The Bertz CT molecular complexity index is 1050. The fraction of sp³-hybridized carbons (Fsp3) is 0.304. The smallest absolute Gasteiger partial charge is 0.262 e. The zero-order valence-corrected chi connectivity index (χ0v) is 16.0. The summed E-state index contributed by atoms with van der Waals surface area (Å²) >= 11 is 0. The van der Waals surface area contributed by atoms with Crippen molar-refractivity contribution < 1.29 is 18.7 Å². The lowest BCUT2D eigenvalue weighted by Crippen LogP contribution is -2.45. The van der Waals surface area contributed by atoms with Gasteiger partial charge in [-0.25, -0.2) is 0 Å². The highest BCUT2D eigenvalue weighted by molar-refractivity contribution is 6.06. The zero-order chi connectivity index (χ0) is 19.8. The maximum absolute atomic E-state index is 13.4. The Morgan fingerprint density at radius 2 is 2.03 bits per heavy atom. The van der Waals surface area contributed by atoms with Gasteiger partial charge in [-0.3, -0.25) is 9.59 Å². The molecule has 0 radical (unpaired) electrons. The standard InChI is InChI=1S/C23H22N2O4/c26-21-14-28-20-10-5-8-18(22(20)24-21)23(27)25-11-4-3-7-16(25)13-17-12-15-6-1-2-9-19(15)29-17/h1-2,5-6,8-10,12,16H,3-4,7,11,13-14H2,(H,24,26). The summed E-state index contributed by atoms with van der Waals surface area (Å²) < 4.78 is 11.5. The number of ether oxygens (including phenoxy) is 1. The maximum atomic E-state index is 13.4. The second-order valence-corrected chi connectivity index (χ2v) is 7.62. The molecule has 148 valence electrons. The van der Waals surface area contributed by atoms with E-state index in [0.29, 0.717) is 30.0 Å². The molecule has 6 heteroatoms. The van der Waals surface area contributed by atoms with E-state index in [1.165, 1.54) is 0 Å². The van der Waals surface area contributed by atoms with Gasteiger partial charge in [-0.2, -0.15) is 0 Å². The molecule has 29 heavy (non-hydrogen) atoms. The molecule has 3 aromatic rings. The molecule has 0 spiro atoms. The van der Waals surface area contributed by atoms with Gasteiger partial charge in [0.15, 0.2) is 6.61 Å². The summed E-state index contributed by atoms with van der Waals surface area (Å²) in [4.78, 5) is 27.2. The van der Waals surface area contributed by atoms with Crippen molar-refractivity contribution in [3.8, 4) is 5.75 Å². The van der Waals surface area contributed by atoms with Crippen LogP contribution in [0.4, 0.5) is 5.69 Å². The lowest BCUT2D eigenvalue weighted by Gasteiger charge is -2.36. The molecule has 0 saturated carbocycles. The molecule has 2 aliphatic rings. The number of furan rings is 1. The number of nitrogens with zero attached hydrogens (tertiary/aromatic N) is 1. The molecule has 2 aromatic carbocycles. The molecule has 1 atom stereocenters. The number of para-hydroxylation sites is 2. The second kappa shape index (κ2) is 7.28. The van der Waals surface area contributed by atoms with Gasteiger partial charge in [0.1, 0.15) is 17.1 Å². The molecule has 1 saturated heterocycles. The minimum absolute atomic E-state index is 0.0248. The Morgan fingerprint density at radius 3 is 2.93 bits per heavy atom. The van der Waals surface area contributed by atoms with E-state index in [1.54, 1.807) is 18.2 Å². The minimum Gasteiger partial charge on any atom is -0.482 e. The summed E-state index contributed by atoms with van der Waals surface area (Å²) in [5.41, 5.74) is 1.82. The van der Waals surface area contributed by atoms with Crippen molar-refractivity contribution in [3.05, 3.63) is 59.9 Å². The van der Waals surface area contributed by atoms with E-state index in [9.17, 15) is 9.59 Å². The van der Waals surface area contributed by atoms with Crippen molar-refractivity contribution in [1.29, 1.82) is 0 Å². The number of nitrogens with one attached hydrogen (secondary N) is 1. The number of carbonyl (C=O) groups is 2. The van der Waals surface area contributed by atoms with Crippen molar-refractivity contribution in [1.82, 2.24) is 4.90 Å². The van der Waals surface area contributed by atoms with Crippen molar-refractivity contribution >= 4 is 28.5 Å².